The van der Waals surface area contributed by atoms with Gasteiger partial charge >= 0.3 is 0 Å². The van der Waals surface area contributed by atoms with Crippen LogP contribution in [-0.2, 0) is 9.53 Å². The predicted molar refractivity (Wildman–Crippen MR) is 74.2 cm³/mol. The van der Waals surface area contributed by atoms with E-state index in [9.17, 15) is 4.79 Å². The van der Waals surface area contributed by atoms with Crippen LogP contribution >= 0.6 is 0 Å². The van der Waals surface area contributed by atoms with Gasteiger partial charge in [-0.2, -0.15) is 5.26 Å². The molecular formula is C14H18N4O2. The average molecular weight is 274 g/mol. The maximum absolute atomic E-state index is 12.3. The molecule has 0 bridgehead atoms. The van der Waals surface area contributed by atoms with Gasteiger partial charge in [0.25, 0.3) is 0 Å². The van der Waals surface area contributed by atoms with Crippen molar-refractivity contribution < 1.29 is 9.53 Å². The van der Waals surface area contributed by atoms with Crippen molar-refractivity contribution in [2.75, 3.05) is 31.6 Å². The highest BCUT2D eigenvalue weighted by Crippen LogP contribution is 2.14. The Hall–Kier alpha value is -2.13. The van der Waals surface area contributed by atoms with Crippen LogP contribution in [0.4, 0.5) is 5.82 Å². The molecule has 1 aliphatic heterocycles. The lowest BCUT2D eigenvalue weighted by Gasteiger charge is -2.29. The number of nitrogens with zero attached hydrogens (tertiary/aromatic N) is 3. The Kier molecular flexibility index (Phi) is 4.53. The SMILES string of the molecule is Cc1ccc(C#N)c(NC(C)C(=O)N2CCOCC2)n1. The number of aryl methyl sites for hydroxylation is 1. The first-order valence-electron chi connectivity index (χ1n) is 6.62. The van der Waals surface area contributed by atoms with Gasteiger partial charge in [0.2, 0.25) is 5.91 Å². The molecule has 0 aliphatic carbocycles. The molecule has 1 aromatic heterocycles. The van der Waals surface area contributed by atoms with Gasteiger partial charge in [0, 0.05) is 18.8 Å². The highest BCUT2D eigenvalue weighted by atomic mass is 16.5. The molecule has 0 aromatic carbocycles. The van der Waals surface area contributed by atoms with Crippen LogP contribution in [0, 0.1) is 18.3 Å². The van der Waals surface area contributed by atoms with Crippen molar-refractivity contribution in [2.24, 2.45) is 0 Å². The molecule has 0 spiro atoms. The third kappa shape index (κ3) is 3.25. The van der Waals surface area contributed by atoms with Crippen molar-refractivity contribution in [3.05, 3.63) is 23.4 Å². The highest BCUT2D eigenvalue weighted by molar-refractivity contribution is 5.84. The van der Waals surface area contributed by atoms with Crippen LogP contribution in [0.2, 0.25) is 0 Å². The van der Waals surface area contributed by atoms with Crippen molar-refractivity contribution in [3.63, 3.8) is 0 Å². The third-order valence-corrected chi connectivity index (χ3v) is 3.20. The van der Waals surface area contributed by atoms with Gasteiger partial charge in [-0.25, -0.2) is 4.98 Å². The van der Waals surface area contributed by atoms with Crippen LogP contribution in [0.1, 0.15) is 18.2 Å². The fraction of sp³-hybridized carbons (Fsp3) is 0.500. The van der Waals surface area contributed by atoms with E-state index < -0.39 is 6.04 Å². The summed E-state index contributed by atoms with van der Waals surface area (Å²) in [5.41, 5.74) is 1.25. The summed E-state index contributed by atoms with van der Waals surface area (Å²) in [6, 6.07) is 5.14. The lowest BCUT2D eigenvalue weighted by Crippen LogP contribution is -2.47. The van der Waals surface area contributed by atoms with Gasteiger partial charge in [-0.15, -0.1) is 0 Å². The number of carbonyl (C=O) groups excluding carboxylic acids is 1. The number of nitrogens with one attached hydrogen (secondary N) is 1. The molecule has 1 N–H and O–H groups in total. The second-order valence-corrected chi connectivity index (χ2v) is 4.76. The zero-order valence-corrected chi connectivity index (χ0v) is 11.7. The van der Waals surface area contributed by atoms with Crippen LogP contribution < -0.4 is 5.32 Å². The number of ether oxygens (including phenoxy) is 1. The van der Waals surface area contributed by atoms with Crippen LogP contribution in [0.5, 0.6) is 0 Å². The molecule has 6 nitrogen and oxygen atoms in total. The number of hydrogen-bond donors (Lipinski definition) is 1. The molecule has 1 aromatic rings. The van der Waals surface area contributed by atoms with Crippen molar-refractivity contribution >= 4 is 11.7 Å². The van der Waals surface area contributed by atoms with Gasteiger partial charge in [-0.3, -0.25) is 4.79 Å². The summed E-state index contributed by atoms with van der Waals surface area (Å²) in [5.74, 6) is 0.460. The van der Waals surface area contributed by atoms with E-state index in [4.69, 9.17) is 10.00 Å². The molecule has 1 aliphatic rings. The Morgan fingerprint density at radius 2 is 2.20 bits per heavy atom. The Balaban J connectivity index is 2.07. The summed E-state index contributed by atoms with van der Waals surface area (Å²) >= 11 is 0. The summed E-state index contributed by atoms with van der Waals surface area (Å²) < 4.78 is 5.23. The van der Waals surface area contributed by atoms with E-state index >= 15 is 0 Å². The summed E-state index contributed by atoms with van der Waals surface area (Å²) in [5, 5.41) is 12.1. The summed E-state index contributed by atoms with van der Waals surface area (Å²) in [6.07, 6.45) is 0. The van der Waals surface area contributed by atoms with Crippen LogP contribution in [-0.4, -0.2) is 48.1 Å². The molecule has 2 heterocycles. The molecule has 6 heteroatoms. The first kappa shape index (κ1) is 14.3. The van der Waals surface area contributed by atoms with Gasteiger partial charge in [0.1, 0.15) is 17.9 Å². The molecule has 1 atom stereocenters. The highest BCUT2D eigenvalue weighted by Gasteiger charge is 2.23. The van der Waals surface area contributed by atoms with Gasteiger partial charge in [-0.1, -0.05) is 0 Å². The van der Waals surface area contributed by atoms with Gasteiger partial charge in [0.15, 0.2) is 0 Å². The summed E-state index contributed by atoms with van der Waals surface area (Å²) in [6.45, 7) is 5.99. The largest absolute Gasteiger partial charge is 0.378 e. The minimum atomic E-state index is -0.422. The lowest BCUT2D eigenvalue weighted by atomic mass is 10.2. The maximum atomic E-state index is 12.3. The Bertz CT molecular complexity index is 532. The van der Waals surface area contributed by atoms with E-state index in [-0.39, 0.29) is 5.91 Å². The second-order valence-electron chi connectivity index (χ2n) is 4.76. The van der Waals surface area contributed by atoms with Crippen LogP contribution in [0.15, 0.2) is 12.1 Å². The number of carbonyl (C=O) groups is 1. The fourth-order valence-corrected chi connectivity index (χ4v) is 2.08. The minimum Gasteiger partial charge on any atom is -0.378 e. The number of rotatable bonds is 3. The lowest BCUT2D eigenvalue weighted by molar-refractivity contribution is -0.135. The number of amides is 1. The van der Waals surface area contributed by atoms with Crippen molar-refractivity contribution in [3.8, 4) is 6.07 Å². The van der Waals surface area contributed by atoms with Gasteiger partial charge < -0.3 is 15.0 Å². The predicted octanol–water partition coefficient (Wildman–Crippen LogP) is 0.921. The van der Waals surface area contributed by atoms with Crippen molar-refractivity contribution in [1.29, 1.82) is 5.26 Å². The Morgan fingerprint density at radius 1 is 1.50 bits per heavy atom. The number of anilines is 1. The first-order valence-corrected chi connectivity index (χ1v) is 6.62. The molecule has 1 fully saturated rings. The van der Waals surface area contributed by atoms with Gasteiger partial charge in [0.05, 0.1) is 18.8 Å². The number of pyridine rings is 1. The van der Waals surface area contributed by atoms with Crippen molar-refractivity contribution in [1.82, 2.24) is 9.88 Å². The molecule has 0 radical (unpaired) electrons. The standard InChI is InChI=1S/C14H18N4O2/c1-10-3-4-12(9-15)13(16-10)17-11(2)14(19)18-5-7-20-8-6-18/h3-4,11H,5-8H2,1-2H3,(H,16,17). The number of morpholine rings is 1. The maximum Gasteiger partial charge on any atom is 0.244 e. The van der Waals surface area contributed by atoms with Crippen LogP contribution in [0.3, 0.4) is 0 Å². The van der Waals surface area contributed by atoms with E-state index in [0.29, 0.717) is 37.7 Å². The summed E-state index contributed by atoms with van der Waals surface area (Å²) in [4.78, 5) is 18.3. The fourth-order valence-electron chi connectivity index (χ4n) is 2.08. The molecule has 106 valence electrons. The summed E-state index contributed by atoms with van der Waals surface area (Å²) in [7, 11) is 0. The van der Waals surface area contributed by atoms with Crippen molar-refractivity contribution in [2.45, 2.75) is 19.9 Å². The van der Waals surface area contributed by atoms with E-state index in [1.54, 1.807) is 24.0 Å². The monoisotopic (exact) mass is 274 g/mol. The van der Waals surface area contributed by atoms with E-state index in [1.165, 1.54) is 0 Å². The third-order valence-electron chi connectivity index (χ3n) is 3.20. The Morgan fingerprint density at radius 3 is 2.85 bits per heavy atom. The van der Waals surface area contributed by atoms with E-state index in [1.807, 2.05) is 6.92 Å². The molecule has 1 saturated heterocycles. The zero-order valence-electron chi connectivity index (χ0n) is 11.7. The zero-order chi connectivity index (χ0) is 14.5. The second kappa shape index (κ2) is 6.35. The van der Waals surface area contributed by atoms with E-state index in [0.717, 1.165) is 5.69 Å². The average Bonchev–Trinajstić information content (AvgIpc) is 2.47. The number of nitriles is 1. The molecule has 2 rings (SSSR count). The molecule has 20 heavy (non-hydrogen) atoms. The molecular weight excluding hydrogens is 256 g/mol. The quantitative estimate of drug-likeness (QED) is 0.886. The molecule has 1 amide bonds. The molecule has 1 unspecified atom stereocenters. The topological polar surface area (TPSA) is 78.2 Å². The minimum absolute atomic E-state index is 0.000459. The van der Waals surface area contributed by atoms with Gasteiger partial charge in [-0.05, 0) is 26.0 Å². The Labute approximate surface area is 118 Å². The van der Waals surface area contributed by atoms with Crippen LogP contribution in [0.25, 0.3) is 0 Å². The smallest absolute Gasteiger partial charge is 0.244 e. The van der Waals surface area contributed by atoms with E-state index in [2.05, 4.69) is 16.4 Å². The number of aromatic nitrogens is 1. The molecule has 0 saturated carbocycles. The normalized spacial score (nSPS) is 16.4. The number of hydrogen-bond acceptors (Lipinski definition) is 5. The first-order chi connectivity index (χ1) is 9.61.